The van der Waals surface area contributed by atoms with Crippen molar-refractivity contribution in [2.24, 2.45) is 0 Å². The lowest BCUT2D eigenvalue weighted by atomic mass is 10.2. The van der Waals surface area contributed by atoms with E-state index < -0.39 is 10.0 Å². The Hall–Kier alpha value is -1.32. The van der Waals surface area contributed by atoms with E-state index in [4.69, 9.17) is 11.6 Å². The van der Waals surface area contributed by atoms with Gasteiger partial charge in [-0.2, -0.15) is 4.72 Å². The average molecular weight is 340 g/mol. The van der Waals surface area contributed by atoms with Crippen LogP contribution in [0.4, 0.5) is 0 Å². The van der Waals surface area contributed by atoms with Crippen molar-refractivity contribution in [2.45, 2.75) is 17.6 Å². The van der Waals surface area contributed by atoms with E-state index >= 15 is 0 Å². The van der Waals surface area contributed by atoms with Crippen LogP contribution < -0.4 is 4.72 Å². The van der Waals surface area contributed by atoms with Crippen molar-refractivity contribution in [3.63, 3.8) is 0 Å². The van der Waals surface area contributed by atoms with Gasteiger partial charge >= 0.3 is 0 Å². The number of rotatable bonds is 4. The smallest absolute Gasteiger partial charge is 0.206 e. The molecule has 1 aromatic carbocycles. The number of hydrogen-bond donors (Lipinski definition) is 1. The molecule has 1 N–H and O–H groups in total. The second-order valence-corrected chi connectivity index (χ2v) is 7.75. The van der Waals surface area contributed by atoms with Gasteiger partial charge in [0, 0.05) is 10.4 Å². The van der Waals surface area contributed by atoms with Gasteiger partial charge in [-0.1, -0.05) is 42.5 Å². The number of aryl methyl sites for hydroxylation is 1. The topological polar surface area (TPSA) is 46.2 Å². The lowest BCUT2D eigenvalue weighted by molar-refractivity contribution is 0.588. The van der Waals surface area contributed by atoms with Crippen molar-refractivity contribution < 1.29 is 8.42 Å². The van der Waals surface area contributed by atoms with Crippen LogP contribution in [0.2, 0.25) is 5.02 Å². The summed E-state index contributed by atoms with van der Waals surface area (Å²) >= 11 is 7.25. The second-order valence-electron chi connectivity index (χ2n) is 4.18. The molecule has 0 atom stereocenters. The fraction of sp³-hybridized carbons (Fsp3) is 0.200. The predicted octanol–water partition coefficient (Wildman–Crippen LogP) is 3.29. The molecule has 0 aliphatic heterocycles. The summed E-state index contributed by atoms with van der Waals surface area (Å²) in [4.78, 5) is 1.04. The molecule has 110 valence electrons. The molecule has 0 spiro atoms. The van der Waals surface area contributed by atoms with E-state index in [-0.39, 0.29) is 6.54 Å². The van der Waals surface area contributed by atoms with Gasteiger partial charge in [0.2, 0.25) is 0 Å². The van der Waals surface area contributed by atoms with E-state index in [1.165, 1.54) is 11.3 Å². The number of hydrogen-bond acceptors (Lipinski definition) is 3. The molecule has 0 aliphatic rings. The summed E-state index contributed by atoms with van der Waals surface area (Å²) in [5.74, 6) is 5.62. The Balaban J connectivity index is 2.02. The van der Waals surface area contributed by atoms with Gasteiger partial charge in [-0.25, -0.2) is 8.42 Å². The largest absolute Gasteiger partial charge is 0.250 e. The van der Waals surface area contributed by atoms with E-state index in [2.05, 4.69) is 16.6 Å². The van der Waals surface area contributed by atoms with E-state index in [1.54, 1.807) is 18.2 Å². The van der Waals surface area contributed by atoms with Gasteiger partial charge in [-0.15, -0.1) is 11.3 Å². The maximum atomic E-state index is 12.0. The minimum absolute atomic E-state index is 0.0485. The Morgan fingerprint density at radius 2 is 2.00 bits per heavy atom. The molecule has 0 aliphatic carbocycles. The predicted molar refractivity (Wildman–Crippen MR) is 87.2 cm³/mol. The highest BCUT2D eigenvalue weighted by Gasteiger charge is 2.15. The van der Waals surface area contributed by atoms with Gasteiger partial charge < -0.3 is 0 Å². The summed E-state index contributed by atoms with van der Waals surface area (Å²) in [7, 11) is -3.48. The molecule has 0 fully saturated rings. The van der Waals surface area contributed by atoms with Gasteiger partial charge in [-0.05, 0) is 30.7 Å². The fourth-order valence-electron chi connectivity index (χ4n) is 1.60. The molecule has 2 rings (SSSR count). The number of nitrogens with one attached hydrogen (secondary N) is 1. The zero-order valence-electron chi connectivity index (χ0n) is 11.4. The first kappa shape index (κ1) is 16.1. The normalized spacial score (nSPS) is 11.0. The number of halogens is 1. The minimum Gasteiger partial charge on any atom is -0.206 e. The van der Waals surface area contributed by atoms with E-state index in [0.717, 1.165) is 11.3 Å². The summed E-state index contributed by atoms with van der Waals surface area (Å²) in [5, 5.41) is 0.554. The molecule has 21 heavy (non-hydrogen) atoms. The van der Waals surface area contributed by atoms with Crippen molar-refractivity contribution in [2.75, 3.05) is 6.54 Å². The molecular formula is C15H14ClNO2S2. The summed E-state index contributed by atoms with van der Waals surface area (Å²) in [6, 6.07) is 10.6. The molecule has 0 unspecified atom stereocenters. The standard InChI is InChI=1S/C15H14ClNO2S2/c1-2-13-9-10-15(20-13)21(18,19)17-11-5-7-12-6-3-4-8-14(12)16/h3-4,6,8-10,17H,2,11H2,1H3. The molecule has 1 aromatic heterocycles. The summed E-state index contributed by atoms with van der Waals surface area (Å²) < 4.78 is 26.9. The molecule has 2 aromatic rings. The monoisotopic (exact) mass is 339 g/mol. The molecule has 0 saturated carbocycles. The lowest BCUT2D eigenvalue weighted by Crippen LogP contribution is -2.23. The third-order valence-corrected chi connectivity index (χ3v) is 6.15. The first-order valence-corrected chi connectivity index (χ1v) is 9.02. The maximum absolute atomic E-state index is 12.0. The van der Waals surface area contributed by atoms with Crippen LogP contribution in [0, 0.1) is 11.8 Å². The highest BCUT2D eigenvalue weighted by molar-refractivity contribution is 7.91. The van der Waals surface area contributed by atoms with Crippen molar-refractivity contribution >= 4 is 33.0 Å². The Morgan fingerprint density at radius 3 is 2.67 bits per heavy atom. The van der Waals surface area contributed by atoms with E-state index in [9.17, 15) is 8.42 Å². The highest BCUT2D eigenvalue weighted by atomic mass is 35.5. The third kappa shape index (κ3) is 4.32. The Bertz CT molecular complexity index is 785. The van der Waals surface area contributed by atoms with Gasteiger partial charge in [0.25, 0.3) is 10.0 Å². The SMILES string of the molecule is CCc1ccc(S(=O)(=O)NCC#Cc2ccccc2Cl)s1. The van der Waals surface area contributed by atoms with Crippen LogP contribution in [0.1, 0.15) is 17.4 Å². The van der Waals surface area contributed by atoms with Crippen LogP contribution in [0.5, 0.6) is 0 Å². The van der Waals surface area contributed by atoms with Gasteiger partial charge in [-0.3, -0.25) is 0 Å². The lowest BCUT2D eigenvalue weighted by Gasteiger charge is -1.99. The Kier molecular flexibility index (Phi) is 5.43. The van der Waals surface area contributed by atoms with Gasteiger partial charge in [0.1, 0.15) is 4.21 Å². The second kappa shape index (κ2) is 7.10. The Labute approximate surface area is 134 Å². The van der Waals surface area contributed by atoms with E-state index in [0.29, 0.717) is 14.8 Å². The molecule has 0 saturated heterocycles. The molecule has 0 bridgehead atoms. The molecule has 1 heterocycles. The van der Waals surface area contributed by atoms with Gasteiger partial charge in [0.05, 0.1) is 11.6 Å². The van der Waals surface area contributed by atoms with Crippen LogP contribution >= 0.6 is 22.9 Å². The van der Waals surface area contributed by atoms with Crippen LogP contribution in [0.15, 0.2) is 40.6 Å². The minimum atomic E-state index is -3.48. The highest BCUT2D eigenvalue weighted by Crippen LogP contribution is 2.21. The molecular weight excluding hydrogens is 326 g/mol. The van der Waals surface area contributed by atoms with Crippen LogP contribution in [-0.2, 0) is 16.4 Å². The van der Waals surface area contributed by atoms with E-state index in [1.807, 2.05) is 25.1 Å². The first-order valence-electron chi connectivity index (χ1n) is 6.34. The Morgan fingerprint density at radius 1 is 1.24 bits per heavy atom. The third-order valence-electron chi connectivity index (χ3n) is 2.70. The first-order chi connectivity index (χ1) is 10.0. The molecule has 0 radical (unpaired) electrons. The molecule has 6 heteroatoms. The van der Waals surface area contributed by atoms with Gasteiger partial charge in [0.15, 0.2) is 0 Å². The fourth-order valence-corrected chi connectivity index (χ4v) is 4.04. The summed E-state index contributed by atoms with van der Waals surface area (Å²) in [5.41, 5.74) is 0.683. The number of sulfonamides is 1. The number of benzene rings is 1. The number of thiophene rings is 1. The van der Waals surface area contributed by atoms with Crippen LogP contribution in [0.3, 0.4) is 0 Å². The summed E-state index contributed by atoms with van der Waals surface area (Å²) in [6.07, 6.45) is 0.826. The van der Waals surface area contributed by atoms with Crippen LogP contribution in [-0.4, -0.2) is 15.0 Å². The summed E-state index contributed by atoms with van der Waals surface area (Å²) in [6.45, 7) is 2.04. The molecule has 3 nitrogen and oxygen atoms in total. The zero-order valence-corrected chi connectivity index (χ0v) is 13.8. The van der Waals surface area contributed by atoms with Crippen molar-refractivity contribution in [3.8, 4) is 11.8 Å². The maximum Gasteiger partial charge on any atom is 0.250 e. The van der Waals surface area contributed by atoms with Crippen LogP contribution in [0.25, 0.3) is 0 Å². The quantitative estimate of drug-likeness (QED) is 0.869. The van der Waals surface area contributed by atoms with Crippen molar-refractivity contribution in [3.05, 3.63) is 51.9 Å². The van der Waals surface area contributed by atoms with Crippen molar-refractivity contribution in [1.29, 1.82) is 0 Å². The average Bonchev–Trinajstić information content (AvgIpc) is 2.95. The van der Waals surface area contributed by atoms with Crippen molar-refractivity contribution in [1.82, 2.24) is 4.72 Å². The zero-order chi connectivity index (χ0) is 15.3. The molecule has 0 amide bonds.